The lowest BCUT2D eigenvalue weighted by Gasteiger charge is -1.98. The number of hydrogen-bond acceptors (Lipinski definition) is 1. The molecule has 1 aromatic heterocycles. The van der Waals surface area contributed by atoms with Crippen molar-refractivity contribution in [2.24, 2.45) is 0 Å². The normalized spacial score (nSPS) is 9.30. The molecule has 0 spiro atoms. The lowest BCUT2D eigenvalue weighted by molar-refractivity contribution is 0.965. The van der Waals surface area contributed by atoms with Crippen LogP contribution in [0.4, 0.5) is 0 Å². The molecule has 0 aliphatic carbocycles. The molecule has 2 nitrogen and oxygen atoms in total. The molecule has 1 N–H and O–H groups in total. The van der Waals surface area contributed by atoms with Gasteiger partial charge in [-0.2, -0.15) is 0 Å². The molecule has 1 rings (SSSR count). The molecule has 52 valence electrons. The van der Waals surface area contributed by atoms with Crippen LogP contribution in [0.25, 0.3) is 6.20 Å². The third-order valence-corrected chi connectivity index (χ3v) is 1.32. The van der Waals surface area contributed by atoms with Gasteiger partial charge in [-0.25, -0.2) is 0 Å². The van der Waals surface area contributed by atoms with Crippen molar-refractivity contribution in [2.75, 3.05) is 0 Å². The molecule has 0 saturated carbocycles. The van der Waals surface area contributed by atoms with Crippen molar-refractivity contribution in [3.8, 4) is 0 Å². The molecule has 0 aliphatic heterocycles. The Hall–Kier alpha value is -1.31. The summed E-state index contributed by atoms with van der Waals surface area (Å²) in [6, 6.07) is 3.65. The first kappa shape index (κ1) is 6.81. The first-order chi connectivity index (χ1) is 4.74. The summed E-state index contributed by atoms with van der Waals surface area (Å²) < 4.78 is 1.68. The summed E-state index contributed by atoms with van der Waals surface area (Å²) in [4.78, 5) is 0. The zero-order chi connectivity index (χ0) is 7.56. The molecule has 0 fully saturated rings. The monoisotopic (exact) mass is 134 g/mol. The van der Waals surface area contributed by atoms with Crippen LogP contribution in [0.3, 0.4) is 0 Å². The van der Waals surface area contributed by atoms with Crippen molar-refractivity contribution in [1.82, 2.24) is 4.57 Å². The van der Waals surface area contributed by atoms with E-state index in [1.54, 1.807) is 16.8 Å². The third-order valence-electron chi connectivity index (χ3n) is 1.32. The Labute approximate surface area is 60.0 Å². The SMILES string of the molecule is C=Cn1cc(C)ccc1=N. The van der Waals surface area contributed by atoms with E-state index in [1.807, 2.05) is 19.2 Å². The van der Waals surface area contributed by atoms with Gasteiger partial charge in [0.15, 0.2) is 0 Å². The number of nitrogens with zero attached hydrogens (tertiary/aromatic N) is 1. The van der Waals surface area contributed by atoms with Gasteiger partial charge in [-0.3, -0.25) is 5.41 Å². The Kier molecular flexibility index (Phi) is 1.71. The van der Waals surface area contributed by atoms with Crippen LogP contribution in [-0.2, 0) is 0 Å². The van der Waals surface area contributed by atoms with Crippen molar-refractivity contribution < 1.29 is 0 Å². The first-order valence-electron chi connectivity index (χ1n) is 3.10. The van der Waals surface area contributed by atoms with Crippen LogP contribution < -0.4 is 5.49 Å². The molecule has 2 heteroatoms. The fraction of sp³-hybridized carbons (Fsp3) is 0.125. The van der Waals surface area contributed by atoms with E-state index in [0.29, 0.717) is 5.49 Å². The maximum atomic E-state index is 7.36. The minimum absolute atomic E-state index is 0.459. The Bertz CT molecular complexity index is 296. The highest BCUT2D eigenvalue weighted by Gasteiger charge is 1.85. The second kappa shape index (κ2) is 2.52. The van der Waals surface area contributed by atoms with Crippen LogP contribution in [0.1, 0.15) is 5.56 Å². The van der Waals surface area contributed by atoms with Gasteiger partial charge in [0, 0.05) is 12.4 Å². The molecule has 0 aliphatic rings. The average molecular weight is 134 g/mol. The standard InChI is InChI=1S/C8H10N2/c1-3-10-6-7(2)4-5-8(10)9/h3-6,9H,1H2,2H3. The number of hydrogen-bond donors (Lipinski definition) is 1. The van der Waals surface area contributed by atoms with E-state index in [0.717, 1.165) is 5.56 Å². The molecule has 0 atom stereocenters. The molecular formula is C8H10N2. The van der Waals surface area contributed by atoms with Crippen LogP contribution in [0, 0.1) is 12.3 Å². The molecule has 0 unspecified atom stereocenters. The van der Waals surface area contributed by atoms with Crippen LogP contribution in [-0.4, -0.2) is 4.57 Å². The smallest absolute Gasteiger partial charge is 0.128 e. The zero-order valence-corrected chi connectivity index (χ0v) is 5.96. The largest absolute Gasteiger partial charge is 0.309 e. The molecule has 0 bridgehead atoms. The van der Waals surface area contributed by atoms with E-state index in [9.17, 15) is 0 Å². The summed E-state index contributed by atoms with van der Waals surface area (Å²) in [6.07, 6.45) is 3.49. The molecule has 0 saturated heterocycles. The van der Waals surface area contributed by atoms with Gasteiger partial charge in [0.05, 0.1) is 0 Å². The number of rotatable bonds is 1. The maximum Gasteiger partial charge on any atom is 0.128 e. The predicted molar refractivity (Wildman–Crippen MR) is 41.4 cm³/mol. The number of aryl methyl sites for hydroxylation is 1. The van der Waals surface area contributed by atoms with Gasteiger partial charge >= 0.3 is 0 Å². The van der Waals surface area contributed by atoms with E-state index >= 15 is 0 Å². The molecule has 0 aromatic carbocycles. The van der Waals surface area contributed by atoms with Gasteiger partial charge in [-0.1, -0.05) is 12.6 Å². The van der Waals surface area contributed by atoms with Crippen molar-refractivity contribution in [1.29, 1.82) is 5.41 Å². The van der Waals surface area contributed by atoms with Gasteiger partial charge in [0.2, 0.25) is 0 Å². The molecule has 10 heavy (non-hydrogen) atoms. The van der Waals surface area contributed by atoms with E-state index < -0.39 is 0 Å². The third kappa shape index (κ3) is 1.16. The lowest BCUT2D eigenvalue weighted by atomic mass is 10.3. The summed E-state index contributed by atoms with van der Waals surface area (Å²) >= 11 is 0. The van der Waals surface area contributed by atoms with Gasteiger partial charge in [-0.15, -0.1) is 0 Å². The van der Waals surface area contributed by atoms with Gasteiger partial charge < -0.3 is 4.57 Å². The molecule has 1 aromatic rings. The average Bonchev–Trinajstić information content (AvgIpc) is 1.94. The Morgan fingerprint density at radius 1 is 1.60 bits per heavy atom. The Morgan fingerprint density at radius 2 is 2.30 bits per heavy atom. The second-order valence-corrected chi connectivity index (χ2v) is 2.18. The van der Waals surface area contributed by atoms with Crippen molar-refractivity contribution in [2.45, 2.75) is 6.92 Å². The fourth-order valence-electron chi connectivity index (χ4n) is 0.779. The van der Waals surface area contributed by atoms with E-state index in [-0.39, 0.29) is 0 Å². The second-order valence-electron chi connectivity index (χ2n) is 2.18. The zero-order valence-electron chi connectivity index (χ0n) is 5.96. The quantitative estimate of drug-likeness (QED) is 0.601. The van der Waals surface area contributed by atoms with Gasteiger partial charge in [-0.05, 0) is 18.6 Å². The predicted octanol–water partition coefficient (Wildman–Crippen LogP) is 1.38. The number of pyridine rings is 1. The molecular weight excluding hydrogens is 124 g/mol. The highest BCUT2D eigenvalue weighted by Crippen LogP contribution is 1.90. The van der Waals surface area contributed by atoms with Crippen LogP contribution in [0.5, 0.6) is 0 Å². The van der Waals surface area contributed by atoms with Crippen molar-refractivity contribution in [3.05, 3.63) is 36.0 Å². The number of nitrogens with one attached hydrogen (secondary N) is 1. The summed E-state index contributed by atoms with van der Waals surface area (Å²) in [5.41, 5.74) is 1.59. The Morgan fingerprint density at radius 3 is 2.80 bits per heavy atom. The minimum Gasteiger partial charge on any atom is -0.309 e. The highest BCUT2D eigenvalue weighted by atomic mass is 14.9. The first-order valence-corrected chi connectivity index (χ1v) is 3.10. The van der Waals surface area contributed by atoms with Crippen molar-refractivity contribution >= 4 is 6.20 Å². The van der Waals surface area contributed by atoms with Gasteiger partial charge in [0.1, 0.15) is 5.49 Å². The van der Waals surface area contributed by atoms with Crippen LogP contribution in [0.2, 0.25) is 0 Å². The summed E-state index contributed by atoms with van der Waals surface area (Å²) in [5, 5.41) is 7.36. The summed E-state index contributed by atoms with van der Waals surface area (Å²) in [6.45, 7) is 5.56. The lowest BCUT2D eigenvalue weighted by Crippen LogP contribution is -2.12. The number of aromatic nitrogens is 1. The Balaban J connectivity index is 3.35. The van der Waals surface area contributed by atoms with Gasteiger partial charge in [0.25, 0.3) is 0 Å². The van der Waals surface area contributed by atoms with Crippen molar-refractivity contribution in [3.63, 3.8) is 0 Å². The van der Waals surface area contributed by atoms with Crippen LogP contribution in [0.15, 0.2) is 24.9 Å². The maximum absolute atomic E-state index is 7.36. The van der Waals surface area contributed by atoms with E-state index in [1.165, 1.54) is 0 Å². The summed E-state index contributed by atoms with van der Waals surface area (Å²) in [5.74, 6) is 0. The topological polar surface area (TPSA) is 28.8 Å². The molecule has 1 heterocycles. The van der Waals surface area contributed by atoms with Crippen LogP contribution >= 0.6 is 0 Å². The minimum atomic E-state index is 0.459. The molecule has 0 amide bonds. The summed E-state index contributed by atoms with van der Waals surface area (Å²) in [7, 11) is 0. The highest BCUT2D eigenvalue weighted by molar-refractivity contribution is 5.20. The molecule has 0 radical (unpaired) electrons. The fourth-order valence-corrected chi connectivity index (χ4v) is 0.779. The van der Waals surface area contributed by atoms with E-state index in [2.05, 4.69) is 6.58 Å². The van der Waals surface area contributed by atoms with E-state index in [4.69, 9.17) is 5.41 Å².